The number of nitrogens with one attached hydrogen (secondary N) is 1. The number of hydrogen-bond acceptors (Lipinski definition) is 1. The minimum Gasteiger partial charge on any atom is -0.314 e. The van der Waals surface area contributed by atoms with Crippen LogP contribution < -0.4 is 5.32 Å². The zero-order chi connectivity index (χ0) is 13.9. The molecule has 1 aliphatic carbocycles. The molecule has 0 spiro atoms. The highest BCUT2D eigenvalue weighted by atomic mass is 35.5. The molecule has 0 aromatic heterocycles. The highest BCUT2D eigenvalue weighted by Crippen LogP contribution is 2.24. The van der Waals surface area contributed by atoms with E-state index < -0.39 is 8.07 Å². The zero-order valence-electron chi connectivity index (χ0n) is 12.4. The van der Waals surface area contributed by atoms with Crippen LogP contribution in [0.3, 0.4) is 0 Å². The lowest BCUT2D eigenvalue weighted by Crippen LogP contribution is -2.32. The van der Waals surface area contributed by atoms with E-state index in [0.717, 1.165) is 23.4 Å². The Hall–Kier alpha value is -0.313. The summed E-state index contributed by atoms with van der Waals surface area (Å²) >= 11 is 6.09. The first-order chi connectivity index (χ1) is 8.92. The van der Waals surface area contributed by atoms with Gasteiger partial charge in [-0.3, -0.25) is 0 Å². The topological polar surface area (TPSA) is 12.0 Å². The number of halogens is 1. The first kappa shape index (κ1) is 15.1. The van der Waals surface area contributed by atoms with Gasteiger partial charge in [0.15, 0.2) is 0 Å². The van der Waals surface area contributed by atoms with Crippen LogP contribution >= 0.6 is 11.6 Å². The summed E-state index contributed by atoms with van der Waals surface area (Å²) in [5, 5.41) is 4.56. The molecule has 0 saturated heterocycles. The van der Waals surface area contributed by atoms with Crippen molar-refractivity contribution in [2.75, 3.05) is 6.54 Å². The van der Waals surface area contributed by atoms with Crippen LogP contribution in [0.25, 0.3) is 0 Å². The van der Waals surface area contributed by atoms with Crippen LogP contribution in [0.5, 0.6) is 0 Å². The SMILES string of the molecule is C[Si](C)(C)CC(CNC1CC1)Cc1cccc(Cl)c1. The van der Waals surface area contributed by atoms with Crippen LogP contribution in [-0.4, -0.2) is 20.7 Å². The molecule has 0 aliphatic heterocycles. The summed E-state index contributed by atoms with van der Waals surface area (Å²) in [6.45, 7) is 8.57. The smallest absolute Gasteiger partial charge is 0.0446 e. The number of rotatable bonds is 7. The van der Waals surface area contributed by atoms with E-state index in [-0.39, 0.29) is 0 Å². The molecule has 1 nitrogen and oxygen atoms in total. The minimum atomic E-state index is -1.01. The quantitative estimate of drug-likeness (QED) is 0.726. The van der Waals surface area contributed by atoms with Crippen LogP contribution in [0.15, 0.2) is 24.3 Å². The van der Waals surface area contributed by atoms with Crippen molar-refractivity contribution in [2.24, 2.45) is 5.92 Å². The van der Waals surface area contributed by atoms with Gasteiger partial charge < -0.3 is 5.32 Å². The summed E-state index contributed by atoms with van der Waals surface area (Å²) in [5.74, 6) is 0.755. The molecule has 1 aromatic rings. The number of hydrogen-bond donors (Lipinski definition) is 1. The monoisotopic (exact) mass is 295 g/mol. The molecule has 1 fully saturated rings. The summed E-state index contributed by atoms with van der Waals surface area (Å²) in [7, 11) is -1.01. The summed E-state index contributed by atoms with van der Waals surface area (Å²) in [5.41, 5.74) is 1.38. The van der Waals surface area contributed by atoms with Gasteiger partial charge in [0.25, 0.3) is 0 Å². The standard InChI is InChI=1S/C16H26ClNSi/c1-19(2,3)12-14(11-18-16-7-8-16)9-13-5-4-6-15(17)10-13/h4-6,10,14,16,18H,7-9,11-12H2,1-3H3. The molecule has 106 valence electrons. The van der Waals surface area contributed by atoms with Crippen molar-refractivity contribution in [1.82, 2.24) is 5.32 Å². The molecule has 3 heteroatoms. The Morgan fingerprint density at radius 3 is 2.63 bits per heavy atom. The van der Waals surface area contributed by atoms with Crippen molar-refractivity contribution in [3.05, 3.63) is 34.9 Å². The molecule has 1 N–H and O–H groups in total. The second-order valence-electron chi connectivity index (χ2n) is 7.15. The molecule has 0 amide bonds. The molecule has 1 saturated carbocycles. The van der Waals surface area contributed by atoms with Gasteiger partial charge in [0.05, 0.1) is 0 Å². The molecule has 1 aromatic carbocycles. The molecular weight excluding hydrogens is 270 g/mol. The third-order valence-electron chi connectivity index (χ3n) is 3.59. The van der Waals surface area contributed by atoms with Crippen LogP contribution in [0.2, 0.25) is 30.7 Å². The molecule has 1 aliphatic rings. The third kappa shape index (κ3) is 6.11. The predicted octanol–water partition coefficient (Wildman–Crippen LogP) is 4.59. The lowest BCUT2D eigenvalue weighted by atomic mass is 10.0. The van der Waals surface area contributed by atoms with Gasteiger partial charge in [0.2, 0.25) is 0 Å². The summed E-state index contributed by atoms with van der Waals surface area (Å²) < 4.78 is 0. The Kier molecular flexibility index (Phi) is 5.10. The Morgan fingerprint density at radius 2 is 2.05 bits per heavy atom. The molecular formula is C16H26ClNSi. The van der Waals surface area contributed by atoms with E-state index >= 15 is 0 Å². The van der Waals surface area contributed by atoms with Gasteiger partial charge in [-0.1, -0.05) is 49.4 Å². The Balaban J connectivity index is 1.94. The van der Waals surface area contributed by atoms with Crippen molar-refractivity contribution in [3.8, 4) is 0 Å². The highest BCUT2D eigenvalue weighted by Gasteiger charge is 2.25. The first-order valence-corrected chi connectivity index (χ1v) is 11.5. The normalized spacial score (nSPS) is 17.5. The maximum atomic E-state index is 6.09. The summed E-state index contributed by atoms with van der Waals surface area (Å²) in [6, 6.07) is 10.6. The van der Waals surface area contributed by atoms with Gasteiger partial charge >= 0.3 is 0 Å². The highest BCUT2D eigenvalue weighted by molar-refractivity contribution is 6.76. The molecule has 1 atom stereocenters. The summed E-state index contributed by atoms with van der Waals surface area (Å²) in [4.78, 5) is 0. The first-order valence-electron chi connectivity index (χ1n) is 7.40. The van der Waals surface area contributed by atoms with E-state index in [1.807, 2.05) is 6.07 Å². The maximum Gasteiger partial charge on any atom is 0.0446 e. The second kappa shape index (κ2) is 6.42. The molecule has 2 rings (SSSR count). The second-order valence-corrected chi connectivity index (χ2v) is 13.1. The van der Waals surface area contributed by atoms with Gasteiger partial charge in [0.1, 0.15) is 0 Å². The van der Waals surface area contributed by atoms with E-state index in [1.54, 1.807) is 0 Å². The van der Waals surface area contributed by atoms with Crippen LogP contribution in [0.4, 0.5) is 0 Å². The molecule has 1 unspecified atom stereocenters. The summed E-state index contributed by atoms with van der Waals surface area (Å²) in [6.07, 6.45) is 3.90. The maximum absolute atomic E-state index is 6.09. The Morgan fingerprint density at radius 1 is 1.32 bits per heavy atom. The van der Waals surface area contributed by atoms with Gasteiger partial charge in [-0.25, -0.2) is 0 Å². The molecule has 0 bridgehead atoms. The molecule has 0 heterocycles. The van der Waals surface area contributed by atoms with Crippen molar-refractivity contribution in [3.63, 3.8) is 0 Å². The average Bonchev–Trinajstić information content (AvgIpc) is 3.07. The number of benzene rings is 1. The molecule has 0 radical (unpaired) electrons. The largest absolute Gasteiger partial charge is 0.314 e. The van der Waals surface area contributed by atoms with E-state index in [2.05, 4.69) is 43.2 Å². The Bertz CT molecular complexity index is 409. The van der Waals surface area contributed by atoms with Gasteiger partial charge in [-0.05, 0) is 49.4 Å². The van der Waals surface area contributed by atoms with Crippen molar-refractivity contribution >= 4 is 19.7 Å². The lowest BCUT2D eigenvalue weighted by Gasteiger charge is -2.25. The van der Waals surface area contributed by atoms with Gasteiger partial charge in [0, 0.05) is 19.1 Å². The van der Waals surface area contributed by atoms with E-state index in [1.165, 1.54) is 31.0 Å². The van der Waals surface area contributed by atoms with Crippen LogP contribution in [0, 0.1) is 5.92 Å². The van der Waals surface area contributed by atoms with Crippen LogP contribution in [-0.2, 0) is 6.42 Å². The molecule has 19 heavy (non-hydrogen) atoms. The van der Waals surface area contributed by atoms with Crippen molar-refractivity contribution in [2.45, 2.75) is 51.0 Å². The van der Waals surface area contributed by atoms with Gasteiger partial charge in [-0.15, -0.1) is 0 Å². The fourth-order valence-electron chi connectivity index (χ4n) is 2.70. The van der Waals surface area contributed by atoms with E-state index in [4.69, 9.17) is 11.6 Å². The van der Waals surface area contributed by atoms with E-state index in [0.29, 0.717) is 0 Å². The average molecular weight is 296 g/mol. The fourth-order valence-corrected chi connectivity index (χ4v) is 4.93. The minimum absolute atomic E-state index is 0.755. The predicted molar refractivity (Wildman–Crippen MR) is 87.8 cm³/mol. The fraction of sp³-hybridized carbons (Fsp3) is 0.625. The Labute approximate surface area is 123 Å². The third-order valence-corrected chi connectivity index (χ3v) is 5.62. The van der Waals surface area contributed by atoms with Gasteiger partial charge in [-0.2, -0.15) is 0 Å². The van der Waals surface area contributed by atoms with E-state index in [9.17, 15) is 0 Å². The lowest BCUT2D eigenvalue weighted by molar-refractivity contribution is 0.504. The van der Waals surface area contributed by atoms with Crippen molar-refractivity contribution < 1.29 is 0 Å². The zero-order valence-corrected chi connectivity index (χ0v) is 14.1. The van der Waals surface area contributed by atoms with Crippen LogP contribution in [0.1, 0.15) is 18.4 Å². The van der Waals surface area contributed by atoms with Crippen molar-refractivity contribution in [1.29, 1.82) is 0 Å².